The fraction of sp³-hybridized carbons (Fsp3) is 0.118. The molecule has 124 valence electrons. The van der Waals surface area contributed by atoms with Crippen molar-refractivity contribution in [1.29, 1.82) is 0 Å². The minimum absolute atomic E-state index is 0.354. The molecule has 7 heteroatoms. The molecule has 0 spiro atoms. The smallest absolute Gasteiger partial charge is 0.139 e. The van der Waals surface area contributed by atoms with Crippen LogP contribution in [0.4, 0.5) is 0 Å². The van der Waals surface area contributed by atoms with Gasteiger partial charge in [-0.05, 0) is 40.2 Å². The van der Waals surface area contributed by atoms with Gasteiger partial charge in [-0.15, -0.1) is 0 Å². The first-order chi connectivity index (χ1) is 11.5. The fourth-order valence-electron chi connectivity index (χ4n) is 2.26. The molecule has 0 aliphatic carbocycles. The molecule has 1 aromatic heterocycles. The van der Waals surface area contributed by atoms with Gasteiger partial charge in [-0.2, -0.15) is 0 Å². The van der Waals surface area contributed by atoms with E-state index in [0.717, 1.165) is 25.8 Å². The van der Waals surface area contributed by atoms with Gasteiger partial charge in [0.25, 0.3) is 0 Å². The van der Waals surface area contributed by atoms with Gasteiger partial charge in [0.05, 0.1) is 17.3 Å². The van der Waals surface area contributed by atoms with Crippen LogP contribution in [0.25, 0.3) is 0 Å². The zero-order valence-electron chi connectivity index (χ0n) is 12.3. The second-order valence-electron chi connectivity index (χ2n) is 5.14. The molecule has 24 heavy (non-hydrogen) atoms. The first-order valence-electron chi connectivity index (χ1n) is 7.03. The Labute approximate surface area is 166 Å². The van der Waals surface area contributed by atoms with Crippen molar-refractivity contribution in [3.63, 3.8) is 0 Å². The Kier molecular flexibility index (Phi) is 5.87. The maximum absolute atomic E-state index is 6.22. The maximum Gasteiger partial charge on any atom is 0.139 e. The highest BCUT2D eigenvalue weighted by Crippen LogP contribution is 2.34. The van der Waals surface area contributed by atoms with Crippen LogP contribution in [0, 0.1) is 0 Å². The summed E-state index contributed by atoms with van der Waals surface area (Å²) in [6.07, 6.45) is 5.43. The number of aromatic nitrogens is 2. The van der Waals surface area contributed by atoms with E-state index < -0.39 is 0 Å². The van der Waals surface area contributed by atoms with Gasteiger partial charge in [-0.3, -0.25) is 0 Å². The summed E-state index contributed by atoms with van der Waals surface area (Å²) in [6, 6.07) is 9.37. The van der Waals surface area contributed by atoms with Crippen molar-refractivity contribution < 1.29 is 4.74 Å². The first kappa shape index (κ1) is 17.8. The van der Waals surface area contributed by atoms with E-state index in [1.54, 1.807) is 24.7 Å². The van der Waals surface area contributed by atoms with E-state index in [1.165, 1.54) is 0 Å². The molecule has 0 unspecified atom stereocenters. The molecule has 0 N–H and O–H groups in total. The maximum atomic E-state index is 6.22. The highest BCUT2D eigenvalue weighted by molar-refractivity contribution is 9.11. The lowest BCUT2D eigenvalue weighted by Crippen LogP contribution is -2.04. The standard InChI is InChI=1S/C17H12Br2Cl2N2O/c18-13-5-12(8-23-4-3-22-10-23)17(15(19)6-13)24-9-11-1-2-14(20)7-16(11)21/h1-7,10H,8-9H2. The van der Waals surface area contributed by atoms with Crippen LogP contribution in [0.5, 0.6) is 5.75 Å². The van der Waals surface area contributed by atoms with Crippen LogP contribution in [0.15, 0.2) is 58.0 Å². The molecule has 0 bridgehead atoms. The number of hydrogen-bond donors (Lipinski definition) is 0. The quantitative estimate of drug-likeness (QED) is 0.417. The number of rotatable bonds is 5. The molecule has 0 atom stereocenters. The molecule has 3 rings (SSSR count). The number of ether oxygens (including phenoxy) is 1. The Morgan fingerprint density at radius 3 is 2.62 bits per heavy atom. The molecule has 2 aromatic carbocycles. The van der Waals surface area contributed by atoms with Crippen LogP contribution >= 0.6 is 55.1 Å². The van der Waals surface area contributed by atoms with Gasteiger partial charge in [0.2, 0.25) is 0 Å². The van der Waals surface area contributed by atoms with Gasteiger partial charge in [0.15, 0.2) is 0 Å². The number of benzene rings is 2. The van der Waals surface area contributed by atoms with E-state index in [-0.39, 0.29) is 0 Å². The van der Waals surface area contributed by atoms with E-state index in [2.05, 4.69) is 36.8 Å². The van der Waals surface area contributed by atoms with Crippen molar-refractivity contribution in [2.24, 2.45) is 0 Å². The lowest BCUT2D eigenvalue weighted by Gasteiger charge is -2.15. The van der Waals surface area contributed by atoms with Crippen LogP contribution in [-0.4, -0.2) is 9.55 Å². The second-order valence-corrected chi connectivity index (χ2v) is 7.75. The molecule has 0 amide bonds. The predicted octanol–water partition coefficient (Wildman–Crippen LogP) is 6.34. The number of imidazole rings is 1. The molecule has 0 aliphatic rings. The Hall–Kier alpha value is -1.01. The van der Waals surface area contributed by atoms with Crippen molar-refractivity contribution in [3.8, 4) is 5.75 Å². The largest absolute Gasteiger partial charge is 0.487 e. The lowest BCUT2D eigenvalue weighted by atomic mass is 10.2. The molecule has 0 fully saturated rings. The van der Waals surface area contributed by atoms with Gasteiger partial charge >= 0.3 is 0 Å². The molecular weight excluding hydrogens is 479 g/mol. The average molecular weight is 491 g/mol. The summed E-state index contributed by atoms with van der Waals surface area (Å²) in [5.41, 5.74) is 1.91. The summed E-state index contributed by atoms with van der Waals surface area (Å²) < 4.78 is 9.88. The third-order valence-electron chi connectivity index (χ3n) is 3.38. The summed E-state index contributed by atoms with van der Waals surface area (Å²) in [5.74, 6) is 0.776. The van der Waals surface area contributed by atoms with E-state index >= 15 is 0 Å². The Morgan fingerprint density at radius 1 is 1.08 bits per heavy atom. The topological polar surface area (TPSA) is 27.1 Å². The van der Waals surface area contributed by atoms with Gasteiger partial charge in [-0.25, -0.2) is 4.98 Å². The van der Waals surface area contributed by atoms with Gasteiger partial charge in [-0.1, -0.05) is 45.2 Å². The van der Waals surface area contributed by atoms with Crippen LogP contribution in [-0.2, 0) is 13.2 Å². The van der Waals surface area contributed by atoms with Crippen LogP contribution in [0.2, 0.25) is 10.0 Å². The number of hydrogen-bond acceptors (Lipinski definition) is 2. The second kappa shape index (κ2) is 7.91. The molecule has 3 nitrogen and oxygen atoms in total. The van der Waals surface area contributed by atoms with Crippen molar-refractivity contribution in [1.82, 2.24) is 9.55 Å². The normalized spacial score (nSPS) is 10.8. The highest BCUT2D eigenvalue weighted by atomic mass is 79.9. The lowest BCUT2D eigenvalue weighted by molar-refractivity contribution is 0.300. The van der Waals surface area contributed by atoms with E-state index in [0.29, 0.717) is 23.2 Å². The Bertz CT molecular complexity index is 854. The van der Waals surface area contributed by atoms with E-state index in [1.807, 2.05) is 29.0 Å². The zero-order chi connectivity index (χ0) is 17.1. The minimum atomic E-state index is 0.354. The monoisotopic (exact) mass is 488 g/mol. The molecule has 0 aliphatic heterocycles. The number of nitrogens with zero attached hydrogens (tertiary/aromatic N) is 2. The minimum Gasteiger partial charge on any atom is -0.487 e. The molecule has 0 radical (unpaired) electrons. The fourth-order valence-corrected chi connectivity index (χ4v) is 4.15. The predicted molar refractivity (Wildman–Crippen MR) is 104 cm³/mol. The SMILES string of the molecule is Clc1ccc(COc2c(Br)cc(Br)cc2Cn2ccnc2)c(Cl)c1. The Morgan fingerprint density at radius 2 is 1.92 bits per heavy atom. The summed E-state index contributed by atoms with van der Waals surface area (Å²) in [7, 11) is 0. The summed E-state index contributed by atoms with van der Waals surface area (Å²) in [6.45, 7) is 1.01. The molecular formula is C17H12Br2Cl2N2O. The average Bonchev–Trinajstić information content (AvgIpc) is 3.01. The third-order valence-corrected chi connectivity index (χ3v) is 5.02. The van der Waals surface area contributed by atoms with Crippen molar-refractivity contribution >= 4 is 55.1 Å². The summed E-state index contributed by atoms with van der Waals surface area (Å²) >= 11 is 19.2. The zero-order valence-corrected chi connectivity index (χ0v) is 17.0. The van der Waals surface area contributed by atoms with Crippen LogP contribution < -0.4 is 4.74 Å². The summed E-state index contributed by atoms with van der Waals surface area (Å²) in [5, 5.41) is 1.20. The van der Waals surface area contributed by atoms with Gasteiger partial charge in [0.1, 0.15) is 12.4 Å². The van der Waals surface area contributed by atoms with Crippen LogP contribution in [0.3, 0.4) is 0 Å². The van der Waals surface area contributed by atoms with Crippen molar-refractivity contribution in [2.45, 2.75) is 13.2 Å². The first-order valence-corrected chi connectivity index (χ1v) is 9.37. The van der Waals surface area contributed by atoms with Gasteiger partial charge in [0, 0.05) is 38.0 Å². The summed E-state index contributed by atoms with van der Waals surface area (Å²) in [4.78, 5) is 4.08. The molecule has 0 saturated heterocycles. The van der Waals surface area contributed by atoms with Crippen molar-refractivity contribution in [2.75, 3.05) is 0 Å². The highest BCUT2D eigenvalue weighted by Gasteiger charge is 2.12. The number of halogens is 4. The molecule has 3 aromatic rings. The van der Waals surface area contributed by atoms with Gasteiger partial charge < -0.3 is 9.30 Å². The van der Waals surface area contributed by atoms with Crippen molar-refractivity contribution in [3.05, 3.63) is 79.2 Å². The third kappa shape index (κ3) is 4.33. The van der Waals surface area contributed by atoms with E-state index in [9.17, 15) is 0 Å². The molecule has 1 heterocycles. The Balaban J connectivity index is 1.86. The molecule has 0 saturated carbocycles. The van der Waals surface area contributed by atoms with Crippen LogP contribution in [0.1, 0.15) is 11.1 Å². The van der Waals surface area contributed by atoms with E-state index in [4.69, 9.17) is 27.9 Å².